The van der Waals surface area contributed by atoms with E-state index in [0.29, 0.717) is 0 Å². The third-order valence-corrected chi connectivity index (χ3v) is 1.38. The third kappa shape index (κ3) is 1.79. The molecule has 0 spiro atoms. The second-order valence-electron chi connectivity index (χ2n) is 2.22. The molecular formula is C7H7BFO2. The lowest BCUT2D eigenvalue weighted by molar-refractivity contribution is 0.425. The molecule has 2 nitrogen and oxygen atoms in total. The highest BCUT2D eigenvalue weighted by Crippen LogP contribution is 2.01. The van der Waals surface area contributed by atoms with Crippen LogP contribution in [-0.4, -0.2) is 17.2 Å². The largest absolute Gasteiger partial charge is 0.488 e. The Bertz CT molecular complexity index is 263. The van der Waals surface area contributed by atoms with Gasteiger partial charge >= 0.3 is 7.12 Å². The molecule has 57 valence electrons. The van der Waals surface area contributed by atoms with E-state index in [4.69, 9.17) is 10.0 Å². The van der Waals surface area contributed by atoms with E-state index < -0.39 is 12.9 Å². The molecule has 4 heteroatoms. The Morgan fingerprint density at radius 2 is 2.00 bits per heavy atom. The van der Waals surface area contributed by atoms with Gasteiger partial charge in [-0.2, -0.15) is 0 Å². The number of hydrogen-bond acceptors (Lipinski definition) is 2. The van der Waals surface area contributed by atoms with Crippen molar-refractivity contribution in [2.75, 3.05) is 0 Å². The number of benzene rings is 1. The fourth-order valence-electron chi connectivity index (χ4n) is 0.724. The Balaban J connectivity index is 3.05. The van der Waals surface area contributed by atoms with E-state index in [1.807, 2.05) is 0 Å². The number of rotatable bonds is 1. The molecule has 0 fully saturated rings. The van der Waals surface area contributed by atoms with Gasteiger partial charge in [0, 0.05) is 0 Å². The van der Waals surface area contributed by atoms with Crippen LogP contribution < -0.4 is 5.46 Å². The van der Waals surface area contributed by atoms with Crippen LogP contribution in [0.2, 0.25) is 0 Å². The average molecular weight is 153 g/mol. The minimum atomic E-state index is -1.62. The lowest BCUT2D eigenvalue weighted by Crippen LogP contribution is -2.30. The van der Waals surface area contributed by atoms with Gasteiger partial charge in [-0.1, -0.05) is 12.1 Å². The van der Waals surface area contributed by atoms with E-state index in [1.165, 1.54) is 12.1 Å². The summed E-state index contributed by atoms with van der Waals surface area (Å²) in [4.78, 5) is 0. The van der Waals surface area contributed by atoms with Gasteiger partial charge in [-0.15, -0.1) is 0 Å². The zero-order valence-electron chi connectivity index (χ0n) is 5.79. The van der Waals surface area contributed by atoms with E-state index in [9.17, 15) is 4.39 Å². The van der Waals surface area contributed by atoms with Gasteiger partial charge in [-0.05, 0) is 24.0 Å². The molecule has 1 radical (unpaired) electrons. The average Bonchev–Trinajstić information content (AvgIpc) is 1.94. The molecule has 0 aliphatic carbocycles. The maximum Gasteiger partial charge on any atom is 0.488 e. The lowest BCUT2D eigenvalue weighted by Gasteiger charge is -2.00. The Kier molecular flexibility index (Phi) is 2.26. The normalized spacial score (nSPS) is 9.82. The van der Waals surface area contributed by atoms with Crippen LogP contribution in [0.4, 0.5) is 4.39 Å². The van der Waals surface area contributed by atoms with Gasteiger partial charge in [0.2, 0.25) is 0 Å². The molecule has 0 aliphatic rings. The SMILES string of the molecule is [CH2]c1ccc(B(O)O)cc1F. The fourth-order valence-corrected chi connectivity index (χ4v) is 0.724. The number of halogens is 1. The monoisotopic (exact) mass is 153 g/mol. The topological polar surface area (TPSA) is 40.5 Å². The van der Waals surface area contributed by atoms with Crippen molar-refractivity contribution in [1.82, 2.24) is 0 Å². The van der Waals surface area contributed by atoms with Crippen LogP contribution in [0.25, 0.3) is 0 Å². The van der Waals surface area contributed by atoms with Gasteiger partial charge in [-0.25, -0.2) is 4.39 Å². The predicted molar refractivity (Wildman–Crippen MR) is 40.7 cm³/mol. The van der Waals surface area contributed by atoms with E-state index in [0.717, 1.165) is 6.07 Å². The quantitative estimate of drug-likeness (QED) is 0.543. The van der Waals surface area contributed by atoms with Crippen LogP contribution in [-0.2, 0) is 0 Å². The highest BCUT2D eigenvalue weighted by Gasteiger charge is 2.11. The Morgan fingerprint density at radius 3 is 2.45 bits per heavy atom. The van der Waals surface area contributed by atoms with Crippen LogP contribution in [0.15, 0.2) is 18.2 Å². The predicted octanol–water partition coefficient (Wildman–Crippen LogP) is -0.312. The highest BCUT2D eigenvalue weighted by molar-refractivity contribution is 6.58. The highest BCUT2D eigenvalue weighted by atomic mass is 19.1. The zero-order valence-corrected chi connectivity index (χ0v) is 5.79. The van der Waals surface area contributed by atoms with Crippen LogP contribution in [0.3, 0.4) is 0 Å². The van der Waals surface area contributed by atoms with Crippen molar-refractivity contribution in [3.8, 4) is 0 Å². The summed E-state index contributed by atoms with van der Waals surface area (Å²) in [6, 6.07) is 3.85. The molecule has 2 N–H and O–H groups in total. The molecule has 0 amide bonds. The molecular weight excluding hydrogens is 146 g/mol. The maximum absolute atomic E-state index is 12.7. The zero-order chi connectivity index (χ0) is 8.43. The van der Waals surface area contributed by atoms with E-state index in [-0.39, 0.29) is 11.0 Å². The van der Waals surface area contributed by atoms with Crippen molar-refractivity contribution in [2.45, 2.75) is 0 Å². The number of hydrogen-bond donors (Lipinski definition) is 2. The molecule has 1 rings (SSSR count). The van der Waals surface area contributed by atoms with Crippen molar-refractivity contribution in [3.63, 3.8) is 0 Å². The maximum atomic E-state index is 12.7. The first kappa shape index (κ1) is 8.23. The van der Waals surface area contributed by atoms with Crippen molar-refractivity contribution in [1.29, 1.82) is 0 Å². The van der Waals surface area contributed by atoms with Gasteiger partial charge in [0.05, 0.1) is 0 Å². The van der Waals surface area contributed by atoms with Crippen LogP contribution >= 0.6 is 0 Å². The minimum absolute atomic E-state index is 0.134. The molecule has 0 aromatic heterocycles. The molecule has 1 aromatic rings. The first-order chi connectivity index (χ1) is 5.11. The van der Waals surface area contributed by atoms with Gasteiger partial charge in [-0.3, -0.25) is 0 Å². The first-order valence-corrected chi connectivity index (χ1v) is 3.09. The summed E-state index contributed by atoms with van der Waals surface area (Å²) < 4.78 is 12.7. The molecule has 0 bridgehead atoms. The van der Waals surface area contributed by atoms with Gasteiger partial charge in [0.25, 0.3) is 0 Å². The molecule has 0 unspecified atom stereocenters. The standard InChI is InChI=1S/C7H7BFO2/c1-5-2-3-6(8(10)11)4-7(5)9/h2-4,10-11H,1H2. The summed E-state index contributed by atoms with van der Waals surface area (Å²) in [5.74, 6) is -0.532. The van der Waals surface area contributed by atoms with Crippen LogP contribution in [0.1, 0.15) is 5.56 Å². The van der Waals surface area contributed by atoms with Crippen LogP contribution in [0, 0.1) is 12.7 Å². The molecule has 0 atom stereocenters. The Morgan fingerprint density at radius 1 is 1.36 bits per heavy atom. The minimum Gasteiger partial charge on any atom is -0.423 e. The molecule has 1 aromatic carbocycles. The third-order valence-electron chi connectivity index (χ3n) is 1.38. The van der Waals surface area contributed by atoms with E-state index in [1.54, 1.807) is 0 Å². The molecule has 0 heterocycles. The Labute approximate surface area is 64.4 Å². The molecule has 0 aliphatic heterocycles. The molecule has 0 saturated heterocycles. The van der Waals surface area contributed by atoms with Crippen molar-refractivity contribution < 1.29 is 14.4 Å². The van der Waals surface area contributed by atoms with Crippen LogP contribution in [0.5, 0.6) is 0 Å². The smallest absolute Gasteiger partial charge is 0.423 e. The van der Waals surface area contributed by atoms with Gasteiger partial charge in [0.15, 0.2) is 0 Å². The Hall–Kier alpha value is -0.865. The molecule has 0 saturated carbocycles. The lowest BCUT2D eigenvalue weighted by atomic mass is 9.80. The summed E-state index contributed by atoms with van der Waals surface area (Å²) in [5.41, 5.74) is 0.379. The first-order valence-electron chi connectivity index (χ1n) is 3.09. The summed E-state index contributed by atoms with van der Waals surface area (Å²) in [6.45, 7) is 3.38. The van der Waals surface area contributed by atoms with Crippen molar-refractivity contribution >= 4 is 12.6 Å². The van der Waals surface area contributed by atoms with Crippen molar-refractivity contribution in [3.05, 3.63) is 36.5 Å². The summed E-state index contributed by atoms with van der Waals surface area (Å²) in [6.07, 6.45) is 0. The summed E-state index contributed by atoms with van der Waals surface area (Å²) in [5, 5.41) is 17.2. The fraction of sp³-hybridized carbons (Fsp3) is 0. The van der Waals surface area contributed by atoms with Gasteiger partial charge < -0.3 is 10.0 Å². The second-order valence-corrected chi connectivity index (χ2v) is 2.22. The van der Waals surface area contributed by atoms with E-state index >= 15 is 0 Å². The van der Waals surface area contributed by atoms with E-state index in [2.05, 4.69) is 6.92 Å². The summed E-state index contributed by atoms with van der Waals surface area (Å²) >= 11 is 0. The van der Waals surface area contributed by atoms with Gasteiger partial charge in [0.1, 0.15) is 5.82 Å². The second kappa shape index (κ2) is 3.03. The summed E-state index contributed by atoms with van der Waals surface area (Å²) in [7, 11) is -1.62. The van der Waals surface area contributed by atoms with Crippen molar-refractivity contribution in [2.24, 2.45) is 0 Å². The molecule has 11 heavy (non-hydrogen) atoms.